The van der Waals surface area contributed by atoms with Crippen LogP contribution in [0.3, 0.4) is 0 Å². The standard InChI is InChI=1S/C16H21N/c1-12-4-6-15-9-13(5-7-14(15)8-12)10-16(2,3)11-17/h4-9H,10-11,17H2,1-3H3. The van der Waals surface area contributed by atoms with E-state index in [2.05, 4.69) is 57.2 Å². The van der Waals surface area contributed by atoms with Crippen molar-refractivity contribution in [3.8, 4) is 0 Å². The molecule has 0 bridgehead atoms. The smallest absolute Gasteiger partial charge is 0.00226 e. The van der Waals surface area contributed by atoms with Gasteiger partial charge in [0.25, 0.3) is 0 Å². The summed E-state index contributed by atoms with van der Waals surface area (Å²) in [5, 5.41) is 2.64. The van der Waals surface area contributed by atoms with Gasteiger partial charge in [-0.25, -0.2) is 0 Å². The minimum Gasteiger partial charge on any atom is -0.330 e. The predicted molar refractivity (Wildman–Crippen MR) is 75.2 cm³/mol. The second-order valence-electron chi connectivity index (χ2n) is 5.73. The molecule has 0 atom stereocenters. The van der Waals surface area contributed by atoms with Crippen LogP contribution in [0.5, 0.6) is 0 Å². The molecule has 1 nitrogen and oxygen atoms in total. The molecule has 0 fully saturated rings. The Morgan fingerprint density at radius 3 is 2.35 bits per heavy atom. The molecule has 2 aromatic rings. The normalized spacial score (nSPS) is 12.0. The van der Waals surface area contributed by atoms with Crippen LogP contribution >= 0.6 is 0 Å². The van der Waals surface area contributed by atoms with Crippen molar-refractivity contribution in [1.29, 1.82) is 0 Å². The Labute approximate surface area is 104 Å². The molecular weight excluding hydrogens is 206 g/mol. The average Bonchev–Trinajstić information content (AvgIpc) is 2.29. The van der Waals surface area contributed by atoms with Crippen LogP contribution in [0.1, 0.15) is 25.0 Å². The van der Waals surface area contributed by atoms with Gasteiger partial charge in [0.05, 0.1) is 0 Å². The third-order valence-corrected chi connectivity index (χ3v) is 3.30. The molecule has 0 aliphatic carbocycles. The highest BCUT2D eigenvalue weighted by molar-refractivity contribution is 5.83. The summed E-state index contributed by atoms with van der Waals surface area (Å²) in [5.74, 6) is 0. The van der Waals surface area contributed by atoms with E-state index in [1.54, 1.807) is 0 Å². The first-order valence-corrected chi connectivity index (χ1v) is 6.19. The van der Waals surface area contributed by atoms with E-state index in [9.17, 15) is 0 Å². The Kier molecular flexibility index (Phi) is 3.21. The first kappa shape index (κ1) is 12.1. The summed E-state index contributed by atoms with van der Waals surface area (Å²) < 4.78 is 0. The first-order valence-electron chi connectivity index (χ1n) is 6.19. The summed E-state index contributed by atoms with van der Waals surface area (Å²) in [6.07, 6.45) is 1.04. The van der Waals surface area contributed by atoms with Crippen LogP contribution in [0.2, 0.25) is 0 Å². The molecule has 90 valence electrons. The van der Waals surface area contributed by atoms with Crippen molar-refractivity contribution in [3.63, 3.8) is 0 Å². The maximum Gasteiger partial charge on any atom is -0.00226 e. The SMILES string of the molecule is Cc1ccc2cc(CC(C)(C)CN)ccc2c1. The molecule has 2 aromatic carbocycles. The molecule has 0 heterocycles. The quantitative estimate of drug-likeness (QED) is 0.850. The maximum absolute atomic E-state index is 5.79. The fourth-order valence-electron chi connectivity index (χ4n) is 2.15. The van der Waals surface area contributed by atoms with Gasteiger partial charge in [0.15, 0.2) is 0 Å². The lowest BCUT2D eigenvalue weighted by Gasteiger charge is -2.22. The zero-order valence-corrected chi connectivity index (χ0v) is 11.0. The van der Waals surface area contributed by atoms with Crippen molar-refractivity contribution in [3.05, 3.63) is 47.5 Å². The molecule has 0 spiro atoms. The van der Waals surface area contributed by atoms with Gasteiger partial charge in [-0.2, -0.15) is 0 Å². The molecule has 0 aliphatic rings. The molecular formula is C16H21N. The van der Waals surface area contributed by atoms with E-state index in [-0.39, 0.29) is 5.41 Å². The van der Waals surface area contributed by atoms with Crippen LogP contribution in [0, 0.1) is 12.3 Å². The minimum absolute atomic E-state index is 0.179. The zero-order chi connectivity index (χ0) is 12.5. The van der Waals surface area contributed by atoms with Gasteiger partial charge in [-0.1, -0.05) is 55.8 Å². The number of rotatable bonds is 3. The van der Waals surface area contributed by atoms with Crippen LogP contribution in [0.4, 0.5) is 0 Å². The molecule has 0 saturated carbocycles. The summed E-state index contributed by atoms with van der Waals surface area (Å²) in [4.78, 5) is 0. The monoisotopic (exact) mass is 227 g/mol. The number of nitrogens with two attached hydrogens (primary N) is 1. The molecule has 2 rings (SSSR count). The van der Waals surface area contributed by atoms with Crippen molar-refractivity contribution >= 4 is 10.8 Å². The Hall–Kier alpha value is -1.34. The molecule has 0 aromatic heterocycles. The van der Waals surface area contributed by atoms with Crippen molar-refractivity contribution in [1.82, 2.24) is 0 Å². The molecule has 0 unspecified atom stereocenters. The Morgan fingerprint density at radius 2 is 1.65 bits per heavy atom. The Bertz CT molecular complexity index is 526. The highest BCUT2D eigenvalue weighted by Crippen LogP contribution is 2.24. The van der Waals surface area contributed by atoms with E-state index in [4.69, 9.17) is 5.73 Å². The predicted octanol–water partition coefficient (Wildman–Crippen LogP) is 3.68. The summed E-state index contributed by atoms with van der Waals surface area (Å²) in [7, 11) is 0. The van der Waals surface area contributed by atoms with Gasteiger partial charge in [0, 0.05) is 0 Å². The zero-order valence-electron chi connectivity index (χ0n) is 11.0. The Balaban J connectivity index is 2.35. The number of hydrogen-bond donors (Lipinski definition) is 1. The van der Waals surface area contributed by atoms with Crippen LogP contribution < -0.4 is 5.73 Å². The van der Waals surface area contributed by atoms with Crippen LogP contribution in [0.15, 0.2) is 36.4 Å². The highest BCUT2D eigenvalue weighted by Gasteiger charge is 2.16. The van der Waals surface area contributed by atoms with Crippen molar-refractivity contribution < 1.29 is 0 Å². The van der Waals surface area contributed by atoms with E-state index < -0.39 is 0 Å². The van der Waals surface area contributed by atoms with Gasteiger partial charge >= 0.3 is 0 Å². The van der Waals surface area contributed by atoms with E-state index in [0.717, 1.165) is 13.0 Å². The summed E-state index contributed by atoms with van der Waals surface area (Å²) in [6, 6.07) is 13.3. The lowest BCUT2D eigenvalue weighted by Crippen LogP contribution is -2.25. The van der Waals surface area contributed by atoms with Gasteiger partial charge in [-0.05, 0) is 41.6 Å². The number of benzene rings is 2. The van der Waals surface area contributed by atoms with Crippen molar-refractivity contribution in [2.75, 3.05) is 6.54 Å². The first-order chi connectivity index (χ1) is 8.00. The van der Waals surface area contributed by atoms with Crippen LogP contribution in [-0.2, 0) is 6.42 Å². The third kappa shape index (κ3) is 2.86. The van der Waals surface area contributed by atoms with E-state index in [1.165, 1.54) is 21.9 Å². The second kappa shape index (κ2) is 4.50. The number of aryl methyl sites for hydroxylation is 1. The van der Waals surface area contributed by atoms with Gasteiger partial charge in [0.2, 0.25) is 0 Å². The van der Waals surface area contributed by atoms with Gasteiger partial charge in [-0.15, -0.1) is 0 Å². The fourth-order valence-corrected chi connectivity index (χ4v) is 2.15. The lowest BCUT2D eigenvalue weighted by molar-refractivity contribution is 0.377. The van der Waals surface area contributed by atoms with Gasteiger partial charge in [0.1, 0.15) is 0 Å². The fraction of sp³-hybridized carbons (Fsp3) is 0.375. The molecule has 17 heavy (non-hydrogen) atoms. The summed E-state index contributed by atoms with van der Waals surface area (Å²) in [6.45, 7) is 7.28. The molecule has 0 radical (unpaired) electrons. The van der Waals surface area contributed by atoms with E-state index >= 15 is 0 Å². The molecule has 2 N–H and O–H groups in total. The van der Waals surface area contributed by atoms with E-state index in [0.29, 0.717) is 0 Å². The van der Waals surface area contributed by atoms with Crippen LogP contribution in [0.25, 0.3) is 10.8 Å². The lowest BCUT2D eigenvalue weighted by atomic mass is 9.85. The van der Waals surface area contributed by atoms with Crippen molar-refractivity contribution in [2.24, 2.45) is 11.1 Å². The summed E-state index contributed by atoms with van der Waals surface area (Å²) in [5.41, 5.74) is 8.65. The van der Waals surface area contributed by atoms with Gasteiger partial charge in [-0.3, -0.25) is 0 Å². The van der Waals surface area contributed by atoms with Gasteiger partial charge < -0.3 is 5.73 Å². The highest BCUT2D eigenvalue weighted by atomic mass is 14.6. The molecule has 0 amide bonds. The second-order valence-corrected chi connectivity index (χ2v) is 5.73. The third-order valence-electron chi connectivity index (χ3n) is 3.30. The topological polar surface area (TPSA) is 26.0 Å². The Morgan fingerprint density at radius 1 is 1.00 bits per heavy atom. The maximum atomic E-state index is 5.79. The summed E-state index contributed by atoms with van der Waals surface area (Å²) >= 11 is 0. The average molecular weight is 227 g/mol. The number of hydrogen-bond acceptors (Lipinski definition) is 1. The van der Waals surface area contributed by atoms with Crippen molar-refractivity contribution in [2.45, 2.75) is 27.2 Å². The molecule has 0 saturated heterocycles. The molecule has 0 aliphatic heterocycles. The van der Waals surface area contributed by atoms with E-state index in [1.807, 2.05) is 0 Å². The van der Waals surface area contributed by atoms with Crippen LogP contribution in [-0.4, -0.2) is 6.54 Å². The number of fused-ring (bicyclic) bond motifs is 1. The minimum atomic E-state index is 0.179. The largest absolute Gasteiger partial charge is 0.330 e. The molecule has 1 heteroatoms.